The van der Waals surface area contributed by atoms with E-state index in [0.29, 0.717) is 0 Å². The van der Waals surface area contributed by atoms with E-state index in [4.69, 9.17) is 0 Å². The third-order valence-electron chi connectivity index (χ3n) is 5.61. The Kier molecular flexibility index (Phi) is 0.352. The lowest BCUT2D eigenvalue weighted by molar-refractivity contribution is 0.256. The summed E-state index contributed by atoms with van der Waals surface area (Å²) in [6.07, 6.45) is 3.34. The first-order chi connectivity index (χ1) is 4.97. The first-order valence-electron chi connectivity index (χ1n) is 4.97. The van der Waals surface area contributed by atoms with Crippen LogP contribution in [-0.2, 0) is 0 Å². The minimum Gasteiger partial charge on any atom is -0.0467 e. The van der Waals surface area contributed by atoms with Gasteiger partial charge in [0.15, 0.2) is 0 Å². The number of hydrogen-bond donors (Lipinski definition) is 0. The van der Waals surface area contributed by atoms with E-state index in [1.54, 1.807) is 12.8 Å². The van der Waals surface area contributed by atoms with Gasteiger partial charge in [-0.3, -0.25) is 0 Å². The second-order valence-electron chi connectivity index (χ2n) is 5.45. The Balaban J connectivity index is 1.89. The van der Waals surface area contributed by atoms with Crippen molar-refractivity contribution >= 4 is 0 Å². The van der Waals surface area contributed by atoms with Crippen molar-refractivity contribution in [2.45, 2.75) is 12.8 Å². The van der Waals surface area contributed by atoms with E-state index in [0.717, 1.165) is 0 Å². The van der Waals surface area contributed by atoms with Crippen LogP contribution >= 0.6 is 0 Å². The lowest BCUT2D eigenvalue weighted by Crippen LogP contribution is -2.16. The lowest BCUT2D eigenvalue weighted by atomic mass is 9.82. The minimum absolute atomic E-state index is 1.25. The van der Waals surface area contributed by atoms with Crippen molar-refractivity contribution in [3.8, 4) is 0 Å². The van der Waals surface area contributed by atoms with Gasteiger partial charge in [-0.25, -0.2) is 0 Å². The highest BCUT2D eigenvalue weighted by Crippen LogP contribution is 2.89. The molecule has 3 bridgehead atoms. The zero-order valence-corrected chi connectivity index (χ0v) is 6.03. The summed E-state index contributed by atoms with van der Waals surface area (Å²) < 4.78 is 0. The molecule has 0 aromatic carbocycles. The molecule has 0 saturated heterocycles. The molecule has 0 radical (unpaired) electrons. The van der Waals surface area contributed by atoms with Crippen LogP contribution in [0.4, 0.5) is 0 Å². The summed E-state index contributed by atoms with van der Waals surface area (Å²) in [6.45, 7) is 0. The Hall–Kier alpha value is 0. The van der Waals surface area contributed by atoms with Gasteiger partial charge in [-0.15, -0.1) is 0 Å². The highest BCUT2D eigenvalue weighted by Gasteiger charge is 2.84. The quantitative estimate of drug-likeness (QED) is 0.471. The Morgan fingerprint density at radius 2 is 1.30 bits per heavy atom. The van der Waals surface area contributed by atoms with Crippen LogP contribution in [0.2, 0.25) is 0 Å². The van der Waals surface area contributed by atoms with Crippen molar-refractivity contribution in [1.29, 1.82) is 0 Å². The van der Waals surface area contributed by atoms with Gasteiger partial charge in [0, 0.05) is 0 Å². The van der Waals surface area contributed by atoms with Gasteiger partial charge in [0.25, 0.3) is 0 Å². The van der Waals surface area contributed by atoms with Gasteiger partial charge in [0.1, 0.15) is 0 Å². The normalized spacial score (nSPS) is 91.2. The monoisotopic (exact) mass is 132 g/mol. The fourth-order valence-corrected chi connectivity index (χ4v) is 5.67. The van der Waals surface area contributed by atoms with Crippen LogP contribution < -0.4 is 0 Å². The van der Waals surface area contributed by atoms with Gasteiger partial charge >= 0.3 is 0 Å². The number of hydrogen-bond acceptors (Lipinski definition) is 0. The van der Waals surface area contributed by atoms with E-state index in [9.17, 15) is 0 Å². The molecule has 0 aliphatic heterocycles. The van der Waals surface area contributed by atoms with Crippen molar-refractivity contribution in [3.05, 3.63) is 0 Å². The first kappa shape index (κ1) is 4.13. The predicted octanol–water partition coefficient (Wildman–Crippen LogP) is 1.76. The third kappa shape index (κ3) is 0.202. The molecule has 6 fully saturated rings. The molecule has 0 aromatic heterocycles. The van der Waals surface area contributed by atoms with E-state index in [1.165, 1.54) is 47.3 Å². The highest BCUT2D eigenvalue weighted by atomic mass is 14.9. The van der Waals surface area contributed by atoms with E-state index in [2.05, 4.69) is 0 Å². The van der Waals surface area contributed by atoms with Crippen LogP contribution in [0.25, 0.3) is 0 Å². The van der Waals surface area contributed by atoms with Crippen LogP contribution in [0, 0.1) is 47.3 Å². The van der Waals surface area contributed by atoms with Gasteiger partial charge in [-0.05, 0) is 60.2 Å². The SMILES string of the molecule is C1C2CC3C4C1C4C1C2C31. The zero-order chi connectivity index (χ0) is 6.03. The van der Waals surface area contributed by atoms with Crippen molar-refractivity contribution in [3.63, 3.8) is 0 Å². The molecule has 6 aliphatic rings. The molecule has 0 nitrogen and oxygen atoms in total. The van der Waals surface area contributed by atoms with E-state index in [1.807, 2.05) is 0 Å². The maximum absolute atomic E-state index is 1.67. The van der Waals surface area contributed by atoms with Gasteiger partial charge in [-0.2, -0.15) is 0 Å². The van der Waals surface area contributed by atoms with Crippen LogP contribution in [0.1, 0.15) is 12.8 Å². The van der Waals surface area contributed by atoms with Crippen molar-refractivity contribution < 1.29 is 0 Å². The van der Waals surface area contributed by atoms with Gasteiger partial charge in [0.2, 0.25) is 0 Å². The minimum atomic E-state index is 1.25. The third-order valence-corrected chi connectivity index (χ3v) is 5.61. The molecule has 52 valence electrons. The predicted molar refractivity (Wildman–Crippen MR) is 37.2 cm³/mol. The van der Waals surface area contributed by atoms with E-state index < -0.39 is 0 Å². The zero-order valence-electron chi connectivity index (χ0n) is 6.03. The van der Waals surface area contributed by atoms with Gasteiger partial charge < -0.3 is 0 Å². The molecule has 8 unspecified atom stereocenters. The summed E-state index contributed by atoms with van der Waals surface area (Å²) in [4.78, 5) is 0. The van der Waals surface area contributed by atoms with Crippen molar-refractivity contribution in [1.82, 2.24) is 0 Å². The maximum atomic E-state index is 1.67. The molecule has 0 heteroatoms. The average Bonchev–Trinajstić information content (AvgIpc) is 2.65. The Labute approximate surface area is 61.0 Å². The standard InChI is InChI=1S/C10H12/c1-3-2-5-7-4(1)8-6(3)10(8)9(5)7/h3-10H,1-2H2. The average molecular weight is 132 g/mol. The summed E-state index contributed by atoms with van der Waals surface area (Å²) in [7, 11) is 0. The first-order valence-corrected chi connectivity index (χ1v) is 4.97. The van der Waals surface area contributed by atoms with Gasteiger partial charge in [0.05, 0.1) is 0 Å². The van der Waals surface area contributed by atoms with Crippen LogP contribution in [0.3, 0.4) is 0 Å². The van der Waals surface area contributed by atoms with Crippen LogP contribution in [0.15, 0.2) is 0 Å². The molecule has 6 saturated carbocycles. The topological polar surface area (TPSA) is 0 Å². The Morgan fingerprint density at radius 3 is 2.10 bits per heavy atom. The van der Waals surface area contributed by atoms with E-state index >= 15 is 0 Å². The molecule has 0 spiro atoms. The second-order valence-corrected chi connectivity index (χ2v) is 5.45. The summed E-state index contributed by atoms with van der Waals surface area (Å²) in [5.41, 5.74) is 0. The maximum Gasteiger partial charge on any atom is -0.0312 e. The number of rotatable bonds is 0. The summed E-state index contributed by atoms with van der Waals surface area (Å²) >= 11 is 0. The van der Waals surface area contributed by atoms with Crippen LogP contribution in [0.5, 0.6) is 0 Å². The largest absolute Gasteiger partial charge is 0.0467 e. The molecule has 8 atom stereocenters. The fourth-order valence-electron chi connectivity index (χ4n) is 5.67. The Morgan fingerprint density at radius 1 is 0.600 bits per heavy atom. The molecule has 0 amide bonds. The molecule has 0 N–H and O–H groups in total. The summed E-state index contributed by atoms with van der Waals surface area (Å²) in [5, 5.41) is 0. The summed E-state index contributed by atoms with van der Waals surface area (Å²) in [5.74, 6) is 10.3. The van der Waals surface area contributed by atoms with Gasteiger partial charge in [-0.1, -0.05) is 0 Å². The molecular formula is C10H12. The molecule has 6 aliphatic carbocycles. The molecule has 10 heavy (non-hydrogen) atoms. The van der Waals surface area contributed by atoms with E-state index in [-0.39, 0.29) is 0 Å². The van der Waals surface area contributed by atoms with Crippen molar-refractivity contribution in [2.75, 3.05) is 0 Å². The molecule has 6 rings (SSSR count). The fraction of sp³-hybridized carbons (Fsp3) is 1.00. The molecular weight excluding hydrogens is 120 g/mol. The smallest absolute Gasteiger partial charge is 0.0312 e. The second kappa shape index (κ2) is 0.852. The van der Waals surface area contributed by atoms with Crippen molar-refractivity contribution in [2.24, 2.45) is 47.3 Å². The highest BCUT2D eigenvalue weighted by molar-refractivity contribution is 5.31. The summed E-state index contributed by atoms with van der Waals surface area (Å²) in [6, 6.07) is 0. The van der Waals surface area contributed by atoms with Crippen LogP contribution in [-0.4, -0.2) is 0 Å². The lowest BCUT2D eigenvalue weighted by Gasteiger charge is -2.23. The Bertz CT molecular complexity index is 205. The molecule has 0 heterocycles. The molecule has 0 aromatic rings.